The zero-order valence-electron chi connectivity index (χ0n) is 18.3. The third-order valence-corrected chi connectivity index (χ3v) is 6.44. The molecule has 1 atom stereocenters. The van der Waals surface area contributed by atoms with Crippen molar-refractivity contribution in [3.05, 3.63) is 48.0 Å². The van der Waals surface area contributed by atoms with Gasteiger partial charge in [0.2, 0.25) is 5.91 Å². The van der Waals surface area contributed by atoms with Gasteiger partial charge in [0.05, 0.1) is 30.7 Å². The maximum Gasteiger partial charge on any atom is 0.255 e. The number of nitrogens with one attached hydrogen (secondary N) is 1. The van der Waals surface area contributed by atoms with E-state index in [0.29, 0.717) is 22.7 Å². The van der Waals surface area contributed by atoms with Gasteiger partial charge in [0.1, 0.15) is 0 Å². The fourth-order valence-electron chi connectivity index (χ4n) is 3.60. The first-order valence-electron chi connectivity index (χ1n) is 10.6. The number of thioether (sulfide) groups is 1. The molecule has 7 heteroatoms. The Hall–Kier alpha value is -2.67. The van der Waals surface area contributed by atoms with E-state index in [1.807, 2.05) is 42.2 Å². The van der Waals surface area contributed by atoms with E-state index in [4.69, 9.17) is 9.47 Å². The number of carbonyl (C=O) groups excluding carboxylic acids is 2. The Morgan fingerprint density at radius 2 is 1.65 bits per heavy atom. The summed E-state index contributed by atoms with van der Waals surface area (Å²) in [7, 11) is 3.17. The molecule has 0 spiro atoms. The van der Waals surface area contributed by atoms with Gasteiger partial charge in [-0.3, -0.25) is 9.59 Å². The van der Waals surface area contributed by atoms with Crippen LogP contribution in [0.5, 0.6) is 11.5 Å². The van der Waals surface area contributed by atoms with Crippen molar-refractivity contribution >= 4 is 29.3 Å². The second-order valence-corrected chi connectivity index (χ2v) is 8.93. The van der Waals surface area contributed by atoms with Crippen molar-refractivity contribution in [2.24, 2.45) is 0 Å². The molecule has 31 heavy (non-hydrogen) atoms. The van der Waals surface area contributed by atoms with Gasteiger partial charge in [-0.2, -0.15) is 0 Å². The van der Waals surface area contributed by atoms with Crippen molar-refractivity contribution in [1.29, 1.82) is 0 Å². The van der Waals surface area contributed by atoms with Gasteiger partial charge in [-0.1, -0.05) is 25.0 Å². The predicted molar refractivity (Wildman–Crippen MR) is 124 cm³/mol. The number of anilines is 1. The van der Waals surface area contributed by atoms with Crippen LogP contribution in [-0.2, 0) is 4.79 Å². The Morgan fingerprint density at radius 1 is 0.968 bits per heavy atom. The standard InChI is InChI=1S/C24H30N2O4S/c1-17(31-18-12-13-21(29-2)22(16-18)30-3)23(27)25-20-11-7-6-10-19(20)24(28)26-14-8-4-5-9-15-26/h6-7,10-13,16-17H,4-5,8-9,14-15H2,1-3H3,(H,25,27)/t17-/m1/s1. The lowest BCUT2D eigenvalue weighted by Gasteiger charge is -2.22. The fourth-order valence-corrected chi connectivity index (χ4v) is 4.50. The number of ether oxygens (including phenoxy) is 2. The number of rotatable bonds is 7. The summed E-state index contributed by atoms with van der Waals surface area (Å²) in [4.78, 5) is 28.8. The molecule has 6 nitrogen and oxygen atoms in total. The van der Waals surface area contributed by atoms with Gasteiger partial charge < -0.3 is 19.7 Å². The molecule has 166 valence electrons. The average Bonchev–Trinajstić information content (AvgIpc) is 3.08. The first-order valence-corrected chi connectivity index (χ1v) is 11.5. The van der Waals surface area contributed by atoms with E-state index in [9.17, 15) is 9.59 Å². The number of carbonyl (C=O) groups is 2. The Kier molecular flexibility index (Phi) is 8.23. The van der Waals surface area contributed by atoms with E-state index >= 15 is 0 Å². The largest absolute Gasteiger partial charge is 0.493 e. The topological polar surface area (TPSA) is 67.9 Å². The van der Waals surface area contributed by atoms with Crippen molar-refractivity contribution in [2.75, 3.05) is 32.6 Å². The van der Waals surface area contributed by atoms with Crippen molar-refractivity contribution in [1.82, 2.24) is 4.90 Å². The summed E-state index contributed by atoms with van der Waals surface area (Å²) in [5.41, 5.74) is 1.10. The smallest absolute Gasteiger partial charge is 0.255 e. The van der Waals surface area contributed by atoms with Crippen LogP contribution >= 0.6 is 11.8 Å². The van der Waals surface area contributed by atoms with Crippen molar-refractivity contribution in [3.63, 3.8) is 0 Å². The number of likely N-dealkylation sites (tertiary alicyclic amines) is 1. The maximum absolute atomic E-state index is 13.1. The minimum absolute atomic E-state index is 0.0157. The van der Waals surface area contributed by atoms with Crippen molar-refractivity contribution in [3.8, 4) is 11.5 Å². The molecule has 0 bridgehead atoms. The van der Waals surface area contributed by atoms with Gasteiger partial charge in [-0.15, -0.1) is 11.8 Å². The lowest BCUT2D eigenvalue weighted by molar-refractivity contribution is -0.115. The molecule has 0 unspecified atom stereocenters. The first-order chi connectivity index (χ1) is 15.0. The maximum atomic E-state index is 13.1. The van der Waals surface area contributed by atoms with Crippen LogP contribution < -0.4 is 14.8 Å². The van der Waals surface area contributed by atoms with E-state index in [2.05, 4.69) is 5.32 Å². The van der Waals surface area contributed by atoms with Gasteiger partial charge in [-0.25, -0.2) is 0 Å². The molecule has 1 N–H and O–H groups in total. The molecule has 2 aromatic carbocycles. The average molecular weight is 443 g/mol. The molecule has 2 aromatic rings. The lowest BCUT2D eigenvalue weighted by Crippen LogP contribution is -2.33. The van der Waals surface area contributed by atoms with Crippen molar-refractivity contribution in [2.45, 2.75) is 42.8 Å². The summed E-state index contributed by atoms with van der Waals surface area (Å²) < 4.78 is 10.6. The van der Waals surface area contributed by atoms with Crippen LogP contribution in [0, 0.1) is 0 Å². The number of hydrogen-bond donors (Lipinski definition) is 1. The van der Waals surface area contributed by atoms with Crippen LogP contribution in [0.3, 0.4) is 0 Å². The Labute approximate surface area is 188 Å². The zero-order chi connectivity index (χ0) is 22.2. The third kappa shape index (κ3) is 5.94. The minimum atomic E-state index is -0.362. The van der Waals surface area contributed by atoms with Gasteiger partial charge in [0.15, 0.2) is 11.5 Å². The van der Waals surface area contributed by atoms with Gasteiger partial charge in [-0.05, 0) is 50.1 Å². The molecular formula is C24H30N2O4S. The van der Waals surface area contributed by atoms with Crippen LogP contribution in [0.4, 0.5) is 5.69 Å². The van der Waals surface area contributed by atoms with Crippen LogP contribution in [-0.4, -0.2) is 49.3 Å². The zero-order valence-corrected chi connectivity index (χ0v) is 19.2. The summed E-state index contributed by atoms with van der Waals surface area (Å²) in [6.07, 6.45) is 4.37. The highest BCUT2D eigenvalue weighted by Crippen LogP contribution is 2.34. The SMILES string of the molecule is COc1ccc(S[C@H](C)C(=O)Nc2ccccc2C(=O)N2CCCCCC2)cc1OC. The number of nitrogens with zero attached hydrogens (tertiary/aromatic N) is 1. The Balaban J connectivity index is 1.69. The van der Waals surface area contributed by atoms with E-state index in [-0.39, 0.29) is 17.1 Å². The number of hydrogen-bond acceptors (Lipinski definition) is 5. The van der Waals surface area contributed by atoms with E-state index in [0.717, 1.165) is 43.7 Å². The molecule has 0 aliphatic carbocycles. The highest BCUT2D eigenvalue weighted by atomic mass is 32.2. The third-order valence-electron chi connectivity index (χ3n) is 5.35. The first kappa shape index (κ1) is 23.0. The second kappa shape index (κ2) is 11.1. The fraction of sp³-hybridized carbons (Fsp3) is 0.417. The van der Waals surface area contributed by atoms with E-state index in [1.165, 1.54) is 11.8 Å². The quantitative estimate of drug-likeness (QED) is 0.622. The van der Waals surface area contributed by atoms with Gasteiger partial charge in [0, 0.05) is 18.0 Å². The molecule has 1 saturated heterocycles. The molecular weight excluding hydrogens is 412 g/mol. The number of methoxy groups -OCH3 is 2. The molecule has 0 aromatic heterocycles. The predicted octanol–water partition coefficient (Wildman–Crippen LogP) is 4.84. The number of amides is 2. The molecule has 0 saturated carbocycles. The lowest BCUT2D eigenvalue weighted by atomic mass is 10.1. The van der Waals surface area contributed by atoms with Crippen LogP contribution in [0.15, 0.2) is 47.4 Å². The normalized spacial score (nSPS) is 15.0. The molecule has 1 heterocycles. The van der Waals surface area contributed by atoms with Crippen LogP contribution in [0.25, 0.3) is 0 Å². The number of para-hydroxylation sites is 1. The summed E-state index contributed by atoms with van der Waals surface area (Å²) in [5, 5.41) is 2.59. The molecule has 1 aliphatic heterocycles. The minimum Gasteiger partial charge on any atom is -0.493 e. The molecule has 3 rings (SSSR count). The van der Waals surface area contributed by atoms with Crippen molar-refractivity contribution < 1.29 is 19.1 Å². The van der Waals surface area contributed by atoms with E-state index in [1.54, 1.807) is 26.4 Å². The molecule has 1 aliphatic rings. The number of benzene rings is 2. The second-order valence-electron chi connectivity index (χ2n) is 7.52. The van der Waals surface area contributed by atoms with E-state index < -0.39 is 0 Å². The van der Waals surface area contributed by atoms with Crippen LogP contribution in [0.2, 0.25) is 0 Å². The summed E-state index contributed by atoms with van der Waals surface area (Å²) >= 11 is 1.42. The Morgan fingerprint density at radius 3 is 2.32 bits per heavy atom. The monoisotopic (exact) mass is 442 g/mol. The van der Waals surface area contributed by atoms with Gasteiger partial charge >= 0.3 is 0 Å². The van der Waals surface area contributed by atoms with Gasteiger partial charge in [0.25, 0.3) is 5.91 Å². The Bertz CT molecular complexity index is 910. The molecule has 2 amide bonds. The summed E-state index contributed by atoms with van der Waals surface area (Å²) in [6.45, 7) is 3.38. The van der Waals surface area contributed by atoms with Crippen LogP contribution in [0.1, 0.15) is 43.0 Å². The summed E-state index contributed by atoms with van der Waals surface area (Å²) in [6, 6.07) is 12.8. The summed E-state index contributed by atoms with van der Waals surface area (Å²) in [5.74, 6) is 1.09. The molecule has 0 radical (unpaired) electrons. The highest BCUT2D eigenvalue weighted by Gasteiger charge is 2.22. The highest BCUT2D eigenvalue weighted by molar-refractivity contribution is 8.00. The molecule has 1 fully saturated rings.